The van der Waals surface area contributed by atoms with E-state index >= 15 is 0 Å². The van der Waals surface area contributed by atoms with E-state index in [1.807, 2.05) is 6.92 Å². The Labute approximate surface area is 190 Å². The Kier molecular flexibility index (Phi) is 6.80. The predicted molar refractivity (Wildman–Crippen MR) is 122 cm³/mol. The van der Waals surface area contributed by atoms with Crippen molar-refractivity contribution in [2.24, 2.45) is 11.8 Å². The maximum atomic E-state index is 13.6. The lowest BCUT2D eigenvalue weighted by Gasteiger charge is -2.37. The van der Waals surface area contributed by atoms with Crippen molar-refractivity contribution in [3.8, 4) is 16.9 Å². The molecule has 0 unspecified atom stereocenters. The van der Waals surface area contributed by atoms with Crippen molar-refractivity contribution in [1.82, 2.24) is 19.2 Å². The van der Waals surface area contributed by atoms with Gasteiger partial charge in [0, 0.05) is 49.6 Å². The molecule has 4 rings (SSSR count). The van der Waals surface area contributed by atoms with Gasteiger partial charge in [-0.2, -0.15) is 4.31 Å². The number of nitrogens with zero attached hydrogens (tertiary/aromatic N) is 4. The minimum Gasteiger partial charge on any atom is -0.487 e. The van der Waals surface area contributed by atoms with Gasteiger partial charge in [-0.05, 0) is 50.4 Å². The Morgan fingerprint density at radius 3 is 2.59 bits per heavy atom. The maximum Gasteiger partial charge on any atom is 0.247 e. The Balaban J connectivity index is 1.74. The number of rotatable bonds is 7. The number of aliphatic hydroxyl groups excluding tert-OH is 1. The highest BCUT2D eigenvalue weighted by molar-refractivity contribution is 7.89. The van der Waals surface area contributed by atoms with Crippen LogP contribution in [0.4, 0.5) is 0 Å². The zero-order chi connectivity index (χ0) is 22.9. The fourth-order valence-corrected chi connectivity index (χ4v) is 6.02. The summed E-state index contributed by atoms with van der Waals surface area (Å²) in [6.07, 6.45) is 7.20. The van der Waals surface area contributed by atoms with E-state index in [1.165, 1.54) is 23.5 Å². The monoisotopic (exact) mass is 460 g/mol. The topological polar surface area (TPSA) is 95.9 Å². The molecule has 0 radical (unpaired) electrons. The molecule has 0 saturated heterocycles. The first-order valence-corrected chi connectivity index (χ1v) is 12.6. The smallest absolute Gasteiger partial charge is 0.247 e. The van der Waals surface area contributed by atoms with Gasteiger partial charge in [-0.1, -0.05) is 13.0 Å². The lowest BCUT2D eigenvalue weighted by molar-refractivity contribution is 0.0741. The van der Waals surface area contributed by atoms with Gasteiger partial charge in [0.05, 0.1) is 6.61 Å². The lowest BCUT2D eigenvalue weighted by atomic mass is 10.0. The number of hydrogen-bond acceptors (Lipinski definition) is 7. The molecule has 1 fully saturated rings. The van der Waals surface area contributed by atoms with Crippen molar-refractivity contribution >= 4 is 10.0 Å². The minimum atomic E-state index is -3.84. The summed E-state index contributed by atoms with van der Waals surface area (Å²) in [6.45, 7) is 5.53. The zero-order valence-electron chi connectivity index (χ0n) is 18.9. The van der Waals surface area contributed by atoms with Crippen molar-refractivity contribution in [2.45, 2.75) is 43.7 Å². The summed E-state index contributed by atoms with van der Waals surface area (Å²) in [6, 6.07) is 4.57. The molecule has 0 amide bonds. The quantitative estimate of drug-likeness (QED) is 0.677. The first-order valence-electron chi connectivity index (χ1n) is 11.2. The van der Waals surface area contributed by atoms with Crippen LogP contribution in [0.15, 0.2) is 41.8 Å². The minimum absolute atomic E-state index is 0.0581. The average Bonchev–Trinajstić information content (AvgIpc) is 3.59. The first-order chi connectivity index (χ1) is 15.3. The molecule has 174 valence electrons. The van der Waals surface area contributed by atoms with Crippen LogP contribution in [0.5, 0.6) is 5.75 Å². The van der Waals surface area contributed by atoms with Gasteiger partial charge in [-0.25, -0.2) is 18.4 Å². The number of hydrogen-bond donors (Lipinski definition) is 1. The summed E-state index contributed by atoms with van der Waals surface area (Å²) < 4.78 is 35.0. The molecule has 3 atom stereocenters. The van der Waals surface area contributed by atoms with Crippen LogP contribution in [0.3, 0.4) is 0 Å². The van der Waals surface area contributed by atoms with Gasteiger partial charge in [0.25, 0.3) is 0 Å². The highest BCUT2D eigenvalue weighted by atomic mass is 32.2. The molecule has 8 nitrogen and oxygen atoms in total. The van der Waals surface area contributed by atoms with Gasteiger partial charge in [-0.15, -0.1) is 0 Å². The van der Waals surface area contributed by atoms with Gasteiger partial charge in [0.2, 0.25) is 10.0 Å². The third kappa shape index (κ3) is 4.96. The van der Waals surface area contributed by atoms with E-state index in [2.05, 4.69) is 21.9 Å². The SMILES string of the molecule is C[C@@H]1CN([C@H](C)CO)S(=O)(=O)c2ccc(-c3cncnc3)cc2O[C@H]1CN(C)CC1CC1. The molecular weight excluding hydrogens is 428 g/mol. The van der Waals surface area contributed by atoms with Crippen molar-refractivity contribution in [3.05, 3.63) is 36.9 Å². The number of likely N-dealkylation sites (N-methyl/N-ethyl adjacent to an activating group) is 1. The van der Waals surface area contributed by atoms with Crippen LogP contribution in [0, 0.1) is 11.8 Å². The Morgan fingerprint density at radius 2 is 1.94 bits per heavy atom. The number of benzene rings is 1. The molecule has 0 bridgehead atoms. The van der Waals surface area contributed by atoms with Crippen LogP contribution in [0.1, 0.15) is 26.7 Å². The van der Waals surface area contributed by atoms with Crippen molar-refractivity contribution < 1.29 is 18.3 Å². The Bertz CT molecular complexity index is 1030. The standard InChI is InChI=1S/C23H32N4O4S/c1-16-11-27(17(2)14-28)32(29,30)23-7-6-19(20-9-24-15-25-10-20)8-21(23)31-22(16)13-26(3)12-18-4-5-18/h6-10,15-18,22,28H,4-5,11-14H2,1-3H3/t16-,17-,22+/m1/s1. The van der Waals surface area contributed by atoms with Crippen LogP contribution in [-0.4, -0.2) is 78.1 Å². The highest BCUT2D eigenvalue weighted by Crippen LogP contribution is 2.36. The molecule has 9 heteroatoms. The van der Waals surface area contributed by atoms with Crippen molar-refractivity contribution in [1.29, 1.82) is 0 Å². The zero-order valence-corrected chi connectivity index (χ0v) is 19.7. The second kappa shape index (κ2) is 9.43. The van der Waals surface area contributed by atoms with E-state index in [-0.39, 0.29) is 23.5 Å². The number of ether oxygens (including phenoxy) is 1. The number of aliphatic hydroxyl groups is 1. The first kappa shape index (κ1) is 23.1. The second-order valence-electron chi connectivity index (χ2n) is 9.19. The highest BCUT2D eigenvalue weighted by Gasteiger charge is 2.38. The molecule has 0 spiro atoms. The molecule has 1 N–H and O–H groups in total. The van der Waals surface area contributed by atoms with Gasteiger partial charge < -0.3 is 14.7 Å². The molecule has 32 heavy (non-hydrogen) atoms. The third-order valence-electron chi connectivity index (χ3n) is 6.32. The summed E-state index contributed by atoms with van der Waals surface area (Å²) in [7, 11) is -1.75. The summed E-state index contributed by atoms with van der Waals surface area (Å²) in [4.78, 5) is 10.5. The van der Waals surface area contributed by atoms with Crippen LogP contribution in [0.25, 0.3) is 11.1 Å². The second-order valence-corrected chi connectivity index (χ2v) is 11.1. The van der Waals surface area contributed by atoms with E-state index < -0.39 is 16.1 Å². The van der Waals surface area contributed by atoms with Crippen LogP contribution >= 0.6 is 0 Å². The molecule has 1 aliphatic heterocycles. The van der Waals surface area contributed by atoms with E-state index in [0.717, 1.165) is 23.6 Å². The molecule has 1 saturated carbocycles. The molecule has 2 aromatic rings. The number of sulfonamides is 1. The Morgan fingerprint density at radius 1 is 1.22 bits per heavy atom. The van der Waals surface area contributed by atoms with Crippen LogP contribution in [0.2, 0.25) is 0 Å². The molecule has 2 heterocycles. The van der Waals surface area contributed by atoms with Gasteiger partial charge >= 0.3 is 0 Å². The molecule has 1 aromatic carbocycles. The summed E-state index contributed by atoms with van der Waals surface area (Å²) >= 11 is 0. The molecule has 1 aromatic heterocycles. The third-order valence-corrected chi connectivity index (χ3v) is 8.34. The van der Waals surface area contributed by atoms with Gasteiger partial charge in [-0.3, -0.25) is 0 Å². The van der Waals surface area contributed by atoms with Gasteiger partial charge in [0.1, 0.15) is 23.1 Å². The van der Waals surface area contributed by atoms with Crippen LogP contribution < -0.4 is 4.74 Å². The van der Waals surface area contributed by atoms with Crippen molar-refractivity contribution in [3.63, 3.8) is 0 Å². The summed E-state index contributed by atoms with van der Waals surface area (Å²) in [5, 5.41) is 9.77. The normalized spacial score (nSPS) is 24.3. The number of fused-ring (bicyclic) bond motifs is 1. The number of aromatic nitrogens is 2. The summed E-state index contributed by atoms with van der Waals surface area (Å²) in [5.41, 5.74) is 1.58. The predicted octanol–water partition coefficient (Wildman–Crippen LogP) is 2.25. The van der Waals surface area contributed by atoms with E-state index in [9.17, 15) is 13.5 Å². The Hall–Kier alpha value is -2.07. The molecular formula is C23H32N4O4S. The fourth-order valence-electron chi connectivity index (χ4n) is 4.19. The summed E-state index contributed by atoms with van der Waals surface area (Å²) in [5.74, 6) is 1.03. The largest absolute Gasteiger partial charge is 0.487 e. The molecule has 1 aliphatic carbocycles. The van der Waals surface area contributed by atoms with E-state index in [4.69, 9.17) is 4.74 Å². The lowest BCUT2D eigenvalue weighted by Crippen LogP contribution is -2.49. The fraction of sp³-hybridized carbons (Fsp3) is 0.565. The van der Waals surface area contributed by atoms with Crippen LogP contribution in [-0.2, 0) is 10.0 Å². The average molecular weight is 461 g/mol. The van der Waals surface area contributed by atoms with E-state index in [0.29, 0.717) is 18.8 Å². The molecule has 2 aliphatic rings. The van der Waals surface area contributed by atoms with E-state index in [1.54, 1.807) is 37.5 Å². The van der Waals surface area contributed by atoms with Crippen molar-refractivity contribution in [2.75, 3.05) is 33.3 Å². The van der Waals surface area contributed by atoms with Gasteiger partial charge in [0.15, 0.2) is 0 Å². The maximum absolute atomic E-state index is 13.6.